The first-order valence-corrected chi connectivity index (χ1v) is 19.6. The molecule has 0 unspecified atom stereocenters. The third-order valence-corrected chi connectivity index (χ3v) is 11.2. The number of fused-ring (bicyclic) bond motifs is 2. The lowest BCUT2D eigenvalue weighted by Gasteiger charge is -2.38. The standard InChI is InChI=1S/C41H67NO11/c1-10-32(43)29(8)36(45)26(5)20-28(7)38-27(6)19-23(2)15-16-31(50-35-21-33(51-40(42)47)37(46)30(9)49-35)14-12-11-13-24(3)39-25(4)17-18-41(48,53-39)22-34(44)52-38/h13,15-17,23,26-31,33,35-39,45-46,48H,10-12,14,18-22H2,1-9H3,(H2,42,47)/b16-15+,24-13+/t23-,26+,27+,28+,29+,30+,31+,33+,35-,36+,37+,38-,39+,41+/m0/s1. The molecule has 53 heavy (non-hydrogen) atoms. The van der Waals surface area contributed by atoms with Gasteiger partial charge in [0.2, 0.25) is 0 Å². The van der Waals surface area contributed by atoms with Crippen molar-refractivity contribution < 1.29 is 53.4 Å². The van der Waals surface area contributed by atoms with Crippen LogP contribution in [0.25, 0.3) is 0 Å². The van der Waals surface area contributed by atoms with Gasteiger partial charge >= 0.3 is 12.1 Å². The van der Waals surface area contributed by atoms with Crippen LogP contribution in [0, 0.1) is 29.6 Å². The molecular weight excluding hydrogens is 682 g/mol. The van der Waals surface area contributed by atoms with Crippen LogP contribution in [-0.2, 0) is 33.3 Å². The molecule has 3 aliphatic rings. The minimum absolute atomic E-state index is 0.00488. The molecule has 0 aromatic rings. The molecule has 0 saturated carbocycles. The molecule has 3 heterocycles. The molecule has 5 N–H and O–H groups in total. The number of primary amides is 1. The van der Waals surface area contributed by atoms with E-state index < -0.39 is 66.7 Å². The van der Waals surface area contributed by atoms with Crippen LogP contribution in [0.1, 0.15) is 120 Å². The van der Waals surface area contributed by atoms with Crippen LogP contribution in [0.5, 0.6) is 0 Å². The predicted molar refractivity (Wildman–Crippen MR) is 200 cm³/mol. The van der Waals surface area contributed by atoms with Crippen molar-refractivity contribution in [2.75, 3.05) is 0 Å². The number of cyclic esters (lactones) is 1. The van der Waals surface area contributed by atoms with Gasteiger partial charge in [-0.1, -0.05) is 65.8 Å². The van der Waals surface area contributed by atoms with Crippen LogP contribution >= 0.6 is 0 Å². The smallest absolute Gasteiger partial charge is 0.404 e. The molecule has 1 fully saturated rings. The number of allylic oxidation sites excluding steroid dienone is 2. The van der Waals surface area contributed by atoms with Crippen molar-refractivity contribution in [1.29, 1.82) is 0 Å². The van der Waals surface area contributed by atoms with Gasteiger partial charge in [-0.05, 0) is 87.7 Å². The summed E-state index contributed by atoms with van der Waals surface area (Å²) in [6.07, 6.45) is 5.26. The molecular formula is C41H67NO11. The third-order valence-electron chi connectivity index (χ3n) is 11.2. The number of ether oxygens (including phenoxy) is 5. The van der Waals surface area contributed by atoms with Crippen molar-refractivity contribution in [3.63, 3.8) is 0 Å². The van der Waals surface area contributed by atoms with E-state index in [1.54, 1.807) is 20.8 Å². The molecule has 1 saturated heterocycles. The van der Waals surface area contributed by atoms with E-state index >= 15 is 0 Å². The highest BCUT2D eigenvalue weighted by Crippen LogP contribution is 2.35. The van der Waals surface area contributed by atoms with Crippen molar-refractivity contribution in [2.45, 2.75) is 175 Å². The van der Waals surface area contributed by atoms with E-state index in [1.807, 2.05) is 46.8 Å². The van der Waals surface area contributed by atoms with Gasteiger partial charge in [-0.3, -0.25) is 9.59 Å². The van der Waals surface area contributed by atoms with Gasteiger partial charge in [-0.15, -0.1) is 0 Å². The summed E-state index contributed by atoms with van der Waals surface area (Å²) in [6, 6.07) is 0. The first-order valence-electron chi connectivity index (χ1n) is 19.6. The van der Waals surface area contributed by atoms with Crippen molar-refractivity contribution in [3.8, 4) is 0 Å². The molecule has 3 rings (SSSR count). The van der Waals surface area contributed by atoms with E-state index in [2.05, 4.69) is 19.1 Å². The Morgan fingerprint density at radius 1 is 1.08 bits per heavy atom. The molecule has 3 aliphatic heterocycles. The maximum atomic E-state index is 13.6. The van der Waals surface area contributed by atoms with Gasteiger partial charge in [0, 0.05) is 25.2 Å². The van der Waals surface area contributed by atoms with E-state index in [-0.39, 0.29) is 54.8 Å². The fraction of sp³-hybridized carbons (Fsp3) is 0.780. The third kappa shape index (κ3) is 13.3. The topological polar surface area (TPSA) is 184 Å². The Morgan fingerprint density at radius 3 is 2.42 bits per heavy atom. The van der Waals surface area contributed by atoms with Crippen LogP contribution in [-0.4, -0.2) is 88.0 Å². The zero-order valence-electron chi connectivity index (χ0n) is 33.4. The fourth-order valence-corrected chi connectivity index (χ4v) is 8.07. The van der Waals surface area contributed by atoms with Gasteiger partial charge < -0.3 is 44.7 Å². The minimum atomic E-state index is -1.73. The number of carbonyl (C=O) groups is 3. The van der Waals surface area contributed by atoms with Gasteiger partial charge in [0.25, 0.3) is 0 Å². The number of carbonyl (C=O) groups excluding carboxylic acids is 3. The summed E-state index contributed by atoms with van der Waals surface area (Å²) in [5, 5.41) is 33.1. The van der Waals surface area contributed by atoms with Gasteiger partial charge in [0.1, 0.15) is 30.2 Å². The number of nitrogens with two attached hydrogens (primary N) is 1. The summed E-state index contributed by atoms with van der Waals surface area (Å²) in [5.41, 5.74) is 7.13. The lowest BCUT2D eigenvalue weighted by Crippen LogP contribution is -2.50. The van der Waals surface area contributed by atoms with Gasteiger partial charge in [0.15, 0.2) is 12.1 Å². The fourth-order valence-electron chi connectivity index (χ4n) is 8.07. The van der Waals surface area contributed by atoms with E-state index in [0.717, 1.165) is 17.6 Å². The minimum Gasteiger partial charge on any atom is -0.462 e. The number of Topliss-reactive ketones (excluding diaryl/α,β-unsaturated/α-hetero) is 1. The summed E-state index contributed by atoms with van der Waals surface area (Å²) in [5.74, 6) is -3.23. The molecule has 14 atom stereocenters. The molecule has 0 aromatic carbocycles. The van der Waals surface area contributed by atoms with Crippen molar-refractivity contribution >= 4 is 17.8 Å². The number of hydrogen-bond acceptors (Lipinski definition) is 11. The average molecular weight is 750 g/mol. The van der Waals surface area contributed by atoms with E-state index in [0.29, 0.717) is 32.1 Å². The molecule has 0 radical (unpaired) electrons. The highest BCUT2D eigenvalue weighted by atomic mass is 16.7. The second-order valence-electron chi connectivity index (χ2n) is 16.1. The van der Waals surface area contributed by atoms with E-state index in [4.69, 9.17) is 29.4 Å². The van der Waals surface area contributed by atoms with Crippen LogP contribution < -0.4 is 5.73 Å². The summed E-state index contributed by atoms with van der Waals surface area (Å²) in [4.78, 5) is 37.5. The molecule has 12 nitrogen and oxygen atoms in total. The van der Waals surface area contributed by atoms with Crippen molar-refractivity contribution in [3.05, 3.63) is 35.5 Å². The Bertz CT molecular complexity index is 1310. The number of ketones is 1. The van der Waals surface area contributed by atoms with Crippen LogP contribution in [0.3, 0.4) is 0 Å². The zero-order chi connectivity index (χ0) is 39.6. The second kappa shape index (κ2) is 20.3. The summed E-state index contributed by atoms with van der Waals surface area (Å²) < 4.78 is 30.0. The Morgan fingerprint density at radius 2 is 1.75 bits per heavy atom. The summed E-state index contributed by atoms with van der Waals surface area (Å²) in [6.45, 7) is 17.2. The number of rotatable bonds is 10. The summed E-state index contributed by atoms with van der Waals surface area (Å²) in [7, 11) is 0. The molecule has 1 amide bonds. The van der Waals surface area contributed by atoms with Crippen LogP contribution in [0.15, 0.2) is 35.5 Å². The van der Waals surface area contributed by atoms with E-state index in [9.17, 15) is 29.7 Å². The molecule has 302 valence electrons. The second-order valence-corrected chi connectivity index (χ2v) is 16.1. The number of hydrogen-bond donors (Lipinski definition) is 4. The van der Waals surface area contributed by atoms with Crippen LogP contribution in [0.4, 0.5) is 4.79 Å². The number of aliphatic hydroxyl groups is 3. The Balaban J connectivity index is 1.90. The monoisotopic (exact) mass is 749 g/mol. The highest BCUT2D eigenvalue weighted by Gasteiger charge is 2.41. The maximum absolute atomic E-state index is 13.6. The van der Waals surface area contributed by atoms with Crippen molar-refractivity contribution in [2.24, 2.45) is 35.3 Å². The average Bonchev–Trinajstić information content (AvgIpc) is 3.09. The molecule has 0 aliphatic carbocycles. The SMILES string of the molecule is CCC(=O)[C@@H](C)[C@H](O)[C@H](C)C[C@@H](C)[C@H]1OC(=O)C[C@@]2(O)CC=C(C)[C@H](O2)/C(C)=C/CCC[C@@H](O[C@H]2C[C@@H](OC(N)=O)[C@H](O)[C@@H](C)O2)/C=C/[C@H](C)C[C@H]1C. The lowest BCUT2D eigenvalue weighted by molar-refractivity contribution is -0.254. The number of esters is 1. The van der Waals surface area contributed by atoms with Crippen molar-refractivity contribution in [1.82, 2.24) is 0 Å². The first kappa shape index (κ1) is 44.8. The lowest BCUT2D eigenvalue weighted by atomic mass is 9.79. The van der Waals surface area contributed by atoms with Gasteiger partial charge in [0.05, 0.1) is 24.7 Å². The molecule has 2 bridgehead atoms. The Kier molecular flexibility index (Phi) is 17.2. The Labute approximate surface area is 316 Å². The van der Waals surface area contributed by atoms with Gasteiger partial charge in [-0.2, -0.15) is 0 Å². The van der Waals surface area contributed by atoms with E-state index in [1.165, 1.54) is 0 Å². The Hall–Kier alpha value is -2.61. The predicted octanol–water partition coefficient (Wildman–Crippen LogP) is 6.04. The van der Waals surface area contributed by atoms with Gasteiger partial charge in [-0.25, -0.2) is 4.79 Å². The zero-order valence-corrected chi connectivity index (χ0v) is 33.4. The molecule has 12 heteroatoms. The maximum Gasteiger partial charge on any atom is 0.404 e. The molecule has 0 spiro atoms. The highest BCUT2D eigenvalue weighted by molar-refractivity contribution is 5.80. The quantitative estimate of drug-likeness (QED) is 0.151. The normalized spacial score (nSPS) is 37.6. The molecule has 0 aromatic heterocycles. The largest absolute Gasteiger partial charge is 0.462 e. The van der Waals surface area contributed by atoms with Crippen LogP contribution in [0.2, 0.25) is 0 Å². The summed E-state index contributed by atoms with van der Waals surface area (Å²) >= 11 is 0. The first-order chi connectivity index (χ1) is 24.8. The number of amides is 1. The number of aliphatic hydroxyl groups excluding tert-OH is 2.